The van der Waals surface area contributed by atoms with Gasteiger partial charge in [-0.15, -0.1) is 11.3 Å². The summed E-state index contributed by atoms with van der Waals surface area (Å²) in [7, 11) is 0. The van der Waals surface area contributed by atoms with E-state index in [4.69, 9.17) is 29.6 Å². The molecule has 0 aliphatic rings. The second-order valence-corrected chi connectivity index (χ2v) is 4.84. The molecule has 0 radical (unpaired) electrons. The van der Waals surface area contributed by atoms with Crippen LogP contribution < -0.4 is 11.1 Å². The van der Waals surface area contributed by atoms with Crippen LogP contribution in [-0.2, 0) is 0 Å². The smallest absolute Gasteiger partial charge is 0.268 e. The molecule has 88 valence electrons. The minimum atomic E-state index is -0.327. The quantitative estimate of drug-likeness (QED) is 0.754. The predicted molar refractivity (Wildman–Crippen MR) is 71.8 cm³/mol. The Morgan fingerprint density at radius 3 is 3.00 bits per heavy atom. The molecule has 0 bridgehead atoms. The maximum absolute atomic E-state index is 11.9. The Bertz CT molecular complexity index is 577. The van der Waals surface area contributed by atoms with Crippen molar-refractivity contribution in [2.45, 2.75) is 0 Å². The monoisotopic (exact) mass is 286 g/mol. The van der Waals surface area contributed by atoms with Gasteiger partial charge in [0.05, 0.1) is 16.8 Å². The maximum Gasteiger partial charge on any atom is 0.268 e. The zero-order chi connectivity index (χ0) is 12.4. The molecule has 2 rings (SSSR count). The zero-order valence-corrected chi connectivity index (χ0v) is 10.7. The second-order valence-electron chi connectivity index (χ2n) is 3.07. The molecule has 2 aromatic heterocycles. The minimum Gasteiger partial charge on any atom is -0.389 e. The number of carbonyl (C=O) groups excluding carboxylic acids is 1. The van der Waals surface area contributed by atoms with Crippen molar-refractivity contribution < 1.29 is 4.79 Å². The Morgan fingerprint density at radius 1 is 1.65 bits per heavy atom. The van der Waals surface area contributed by atoms with Crippen LogP contribution in [0.3, 0.4) is 0 Å². The van der Waals surface area contributed by atoms with Crippen LogP contribution in [0.25, 0.3) is 0 Å². The molecule has 0 saturated heterocycles. The van der Waals surface area contributed by atoms with Crippen molar-refractivity contribution in [2.24, 2.45) is 5.73 Å². The van der Waals surface area contributed by atoms with Gasteiger partial charge in [-0.3, -0.25) is 9.89 Å². The number of thiocarbonyl (C=S) groups is 1. The van der Waals surface area contributed by atoms with Crippen LogP contribution in [0.4, 0.5) is 5.82 Å². The average Bonchev–Trinajstić information content (AvgIpc) is 2.86. The lowest BCUT2D eigenvalue weighted by Crippen LogP contribution is -2.16. The summed E-state index contributed by atoms with van der Waals surface area (Å²) in [5.41, 5.74) is 5.97. The lowest BCUT2D eigenvalue weighted by atomic mass is 10.3. The molecule has 5 nitrogen and oxygen atoms in total. The molecule has 0 aliphatic carbocycles. The summed E-state index contributed by atoms with van der Waals surface area (Å²) < 4.78 is 0. The third-order valence-electron chi connectivity index (χ3n) is 1.97. The second kappa shape index (κ2) is 4.82. The molecule has 0 atom stereocenters. The molecule has 0 spiro atoms. The number of anilines is 1. The van der Waals surface area contributed by atoms with Crippen LogP contribution in [0.1, 0.15) is 15.2 Å². The average molecular weight is 287 g/mol. The van der Waals surface area contributed by atoms with Gasteiger partial charge in [-0.05, 0) is 11.4 Å². The fraction of sp³-hybridized carbons (Fsp3) is 0. The number of nitrogens with one attached hydrogen (secondary N) is 2. The number of hydrogen-bond acceptors (Lipinski definition) is 4. The molecule has 4 N–H and O–H groups in total. The largest absolute Gasteiger partial charge is 0.389 e. The molecule has 0 saturated carbocycles. The molecule has 0 aliphatic heterocycles. The Kier molecular flexibility index (Phi) is 3.41. The number of carbonyl (C=O) groups is 1. The first-order valence-corrected chi connectivity index (χ1v) is 6.13. The summed E-state index contributed by atoms with van der Waals surface area (Å²) in [5.74, 6) is 0.0405. The van der Waals surface area contributed by atoms with Crippen LogP contribution in [-0.4, -0.2) is 21.1 Å². The fourth-order valence-corrected chi connectivity index (χ4v) is 2.39. The maximum atomic E-state index is 11.9. The number of thiophene rings is 1. The molecular formula is C9H7ClN4OS2. The highest BCUT2D eigenvalue weighted by Crippen LogP contribution is 2.23. The van der Waals surface area contributed by atoms with Gasteiger partial charge in [-0.2, -0.15) is 5.10 Å². The molecular weight excluding hydrogens is 280 g/mol. The van der Waals surface area contributed by atoms with Gasteiger partial charge in [0.25, 0.3) is 5.91 Å². The zero-order valence-electron chi connectivity index (χ0n) is 8.36. The third-order valence-corrected chi connectivity index (χ3v) is 3.53. The van der Waals surface area contributed by atoms with Crippen LogP contribution >= 0.6 is 35.2 Å². The lowest BCUT2D eigenvalue weighted by Gasteiger charge is -2.03. The molecule has 0 fully saturated rings. The number of H-pyrrole nitrogens is 1. The SMILES string of the molecule is NC(=S)c1cn[nH]c1NC(=O)c1sccc1Cl. The van der Waals surface area contributed by atoms with Gasteiger partial charge in [-0.25, -0.2) is 0 Å². The first kappa shape index (κ1) is 12.0. The van der Waals surface area contributed by atoms with Gasteiger partial charge in [0.1, 0.15) is 15.7 Å². The molecule has 8 heteroatoms. The van der Waals surface area contributed by atoms with Crippen LogP contribution in [0.2, 0.25) is 5.02 Å². The Balaban J connectivity index is 2.22. The number of nitrogens with zero attached hydrogens (tertiary/aromatic N) is 1. The Morgan fingerprint density at radius 2 is 2.41 bits per heavy atom. The summed E-state index contributed by atoms with van der Waals surface area (Å²) in [5, 5.41) is 11.1. The first-order chi connectivity index (χ1) is 8.09. The van der Waals surface area contributed by atoms with Gasteiger partial charge in [-0.1, -0.05) is 23.8 Å². The minimum absolute atomic E-state index is 0.159. The van der Waals surface area contributed by atoms with E-state index in [0.717, 1.165) is 0 Å². The number of amides is 1. The Hall–Kier alpha value is -1.44. The molecule has 2 aromatic rings. The number of hydrogen-bond donors (Lipinski definition) is 3. The summed E-state index contributed by atoms with van der Waals surface area (Å²) in [6.45, 7) is 0. The van der Waals surface area contributed by atoms with E-state index in [0.29, 0.717) is 21.3 Å². The van der Waals surface area contributed by atoms with E-state index in [1.165, 1.54) is 17.5 Å². The summed E-state index contributed by atoms with van der Waals surface area (Å²) in [4.78, 5) is 12.4. The van der Waals surface area contributed by atoms with E-state index < -0.39 is 0 Å². The van der Waals surface area contributed by atoms with Crippen molar-refractivity contribution in [3.8, 4) is 0 Å². The number of aromatic nitrogens is 2. The third kappa shape index (κ3) is 2.46. The number of aromatic amines is 1. The standard InChI is InChI=1S/C9H7ClN4OS2/c10-5-1-2-17-6(5)9(15)13-8-4(7(11)16)3-12-14-8/h1-3H,(H2,11,16)(H2,12,13,14,15). The van der Waals surface area contributed by atoms with Crippen LogP contribution in [0.5, 0.6) is 0 Å². The highest BCUT2D eigenvalue weighted by Gasteiger charge is 2.15. The van der Waals surface area contributed by atoms with Crippen molar-refractivity contribution in [3.05, 3.63) is 33.1 Å². The van der Waals surface area contributed by atoms with Crippen molar-refractivity contribution in [2.75, 3.05) is 5.32 Å². The number of nitrogens with two attached hydrogens (primary N) is 1. The van der Waals surface area contributed by atoms with E-state index in [1.54, 1.807) is 11.4 Å². The normalized spacial score (nSPS) is 10.2. The topological polar surface area (TPSA) is 83.8 Å². The fourth-order valence-electron chi connectivity index (χ4n) is 1.19. The first-order valence-electron chi connectivity index (χ1n) is 4.47. The van der Waals surface area contributed by atoms with Crippen molar-refractivity contribution in [3.63, 3.8) is 0 Å². The van der Waals surface area contributed by atoms with E-state index in [-0.39, 0.29) is 10.9 Å². The van der Waals surface area contributed by atoms with Gasteiger partial charge in [0, 0.05) is 0 Å². The van der Waals surface area contributed by atoms with E-state index in [1.807, 2.05) is 0 Å². The number of halogens is 1. The highest BCUT2D eigenvalue weighted by atomic mass is 35.5. The van der Waals surface area contributed by atoms with Crippen molar-refractivity contribution in [1.82, 2.24) is 10.2 Å². The molecule has 1 amide bonds. The molecule has 17 heavy (non-hydrogen) atoms. The molecule has 2 heterocycles. The Labute approximate surface area is 111 Å². The summed E-state index contributed by atoms with van der Waals surface area (Å²) in [6.07, 6.45) is 1.45. The molecule has 0 unspecified atom stereocenters. The lowest BCUT2D eigenvalue weighted by molar-refractivity contribution is 0.103. The van der Waals surface area contributed by atoms with Gasteiger partial charge < -0.3 is 11.1 Å². The van der Waals surface area contributed by atoms with Gasteiger partial charge in [0.15, 0.2) is 0 Å². The number of rotatable bonds is 3. The van der Waals surface area contributed by atoms with Crippen molar-refractivity contribution >= 4 is 51.9 Å². The summed E-state index contributed by atoms with van der Waals surface area (Å²) in [6, 6.07) is 1.66. The van der Waals surface area contributed by atoms with E-state index in [2.05, 4.69) is 15.5 Å². The van der Waals surface area contributed by atoms with Gasteiger partial charge >= 0.3 is 0 Å². The highest BCUT2D eigenvalue weighted by molar-refractivity contribution is 7.80. The van der Waals surface area contributed by atoms with E-state index in [9.17, 15) is 4.79 Å². The summed E-state index contributed by atoms with van der Waals surface area (Å²) >= 11 is 11.9. The van der Waals surface area contributed by atoms with Crippen LogP contribution in [0, 0.1) is 0 Å². The van der Waals surface area contributed by atoms with Gasteiger partial charge in [0.2, 0.25) is 0 Å². The van der Waals surface area contributed by atoms with Crippen LogP contribution in [0.15, 0.2) is 17.6 Å². The van der Waals surface area contributed by atoms with Crippen molar-refractivity contribution in [1.29, 1.82) is 0 Å². The molecule has 0 aromatic carbocycles. The predicted octanol–water partition coefficient (Wildman–Crippen LogP) is 2.01. The van der Waals surface area contributed by atoms with E-state index >= 15 is 0 Å².